The van der Waals surface area contributed by atoms with Crippen LogP contribution in [0.1, 0.15) is 5.56 Å². The second-order valence-corrected chi connectivity index (χ2v) is 2.88. The van der Waals surface area contributed by atoms with Crippen LogP contribution in [0, 0.1) is 0 Å². The second-order valence-electron chi connectivity index (χ2n) is 1.96. The Balaban J connectivity index is 2.99. The lowest BCUT2D eigenvalue weighted by Gasteiger charge is -1.94. The zero-order valence-electron chi connectivity index (χ0n) is 5.52. The number of benzene rings is 1. The van der Waals surface area contributed by atoms with Gasteiger partial charge in [0.25, 0.3) is 0 Å². The number of hydrogen-bond acceptors (Lipinski definition) is 0. The van der Waals surface area contributed by atoms with Crippen molar-refractivity contribution in [3.05, 3.63) is 40.6 Å². The molecular weight excluding hydrogens is 214 g/mol. The summed E-state index contributed by atoms with van der Waals surface area (Å²) < 4.78 is 24.9. The van der Waals surface area contributed by atoms with Crippen LogP contribution in [0.5, 0.6) is 0 Å². The van der Waals surface area contributed by atoms with Crippen LogP contribution in [0.4, 0.5) is 8.78 Å². The predicted molar refractivity (Wildman–Crippen MR) is 44.3 cm³/mol. The van der Waals surface area contributed by atoms with E-state index in [0.717, 1.165) is 4.47 Å². The van der Waals surface area contributed by atoms with Crippen molar-refractivity contribution in [1.29, 1.82) is 0 Å². The van der Waals surface area contributed by atoms with E-state index in [9.17, 15) is 8.78 Å². The lowest BCUT2D eigenvalue weighted by Crippen LogP contribution is -1.75. The van der Waals surface area contributed by atoms with Crippen LogP contribution < -0.4 is 0 Å². The van der Waals surface area contributed by atoms with Crippen LogP contribution >= 0.6 is 15.9 Å². The first-order chi connectivity index (χ1) is 5.24. The summed E-state index contributed by atoms with van der Waals surface area (Å²) in [7, 11) is 0. The fourth-order valence-corrected chi connectivity index (χ4v) is 0.936. The van der Waals surface area contributed by atoms with E-state index in [-0.39, 0.29) is 11.9 Å². The van der Waals surface area contributed by atoms with E-state index in [4.69, 9.17) is 0 Å². The highest BCUT2D eigenvalue weighted by atomic mass is 79.9. The predicted octanol–water partition coefficient (Wildman–Crippen LogP) is 3.69. The summed E-state index contributed by atoms with van der Waals surface area (Å²) >= 11 is 3.18. The van der Waals surface area contributed by atoms with Crippen molar-refractivity contribution < 1.29 is 8.78 Å². The van der Waals surface area contributed by atoms with Gasteiger partial charge in [-0.05, 0) is 12.1 Å². The maximum atomic E-state index is 12.5. The fourth-order valence-electron chi connectivity index (χ4n) is 0.672. The van der Waals surface area contributed by atoms with Gasteiger partial charge >= 0.3 is 0 Å². The molecule has 1 aromatic rings. The molecular formula is C8H5BrF2. The van der Waals surface area contributed by atoms with E-state index in [1.165, 1.54) is 12.1 Å². The van der Waals surface area contributed by atoms with Gasteiger partial charge in [-0.1, -0.05) is 28.1 Å². The highest BCUT2D eigenvalue weighted by molar-refractivity contribution is 9.10. The average Bonchev–Trinajstić information content (AvgIpc) is 2.05. The van der Waals surface area contributed by atoms with Gasteiger partial charge in [-0.15, -0.1) is 0 Å². The molecule has 0 saturated carbocycles. The molecule has 1 aromatic carbocycles. The highest BCUT2D eigenvalue weighted by Gasteiger charge is 1.97. The Labute approximate surface area is 71.7 Å². The van der Waals surface area contributed by atoms with E-state index in [0.29, 0.717) is 0 Å². The molecule has 0 bridgehead atoms. The molecule has 0 fully saturated rings. The minimum atomic E-state index is -0.850. The maximum Gasteiger partial charge on any atom is 0.158 e. The first-order valence-corrected chi connectivity index (χ1v) is 3.75. The van der Waals surface area contributed by atoms with Gasteiger partial charge in [-0.3, -0.25) is 0 Å². The molecule has 0 atom stereocenters. The quantitative estimate of drug-likeness (QED) is 0.675. The largest absolute Gasteiger partial charge is 0.212 e. The molecule has 0 aromatic heterocycles. The van der Waals surface area contributed by atoms with Gasteiger partial charge in [0, 0.05) is 10.0 Å². The summed E-state index contributed by atoms with van der Waals surface area (Å²) in [6, 6.07) is 6.29. The Morgan fingerprint density at radius 1 is 1.27 bits per heavy atom. The van der Waals surface area contributed by atoms with Crippen LogP contribution in [0.15, 0.2) is 35.1 Å². The molecule has 0 aliphatic heterocycles. The van der Waals surface area contributed by atoms with Gasteiger partial charge in [-0.2, -0.15) is 0 Å². The lowest BCUT2D eigenvalue weighted by atomic mass is 10.2. The third kappa shape index (κ3) is 2.12. The summed E-state index contributed by atoms with van der Waals surface area (Å²) in [6.07, 6.45) is -0.0523. The molecule has 3 heteroatoms. The second kappa shape index (κ2) is 3.62. The Morgan fingerprint density at radius 2 is 1.82 bits per heavy atom. The molecule has 0 N–H and O–H groups in total. The summed E-state index contributed by atoms with van der Waals surface area (Å²) in [5.41, 5.74) is 0.246. The van der Waals surface area contributed by atoms with Crippen LogP contribution in [0.2, 0.25) is 0 Å². The minimum Gasteiger partial charge on any atom is -0.212 e. The average molecular weight is 219 g/mol. The summed E-state index contributed by atoms with van der Waals surface area (Å²) in [6.45, 7) is 0. The van der Waals surface area contributed by atoms with Crippen molar-refractivity contribution in [2.75, 3.05) is 0 Å². The minimum absolute atomic E-state index is 0.0523. The number of rotatable bonds is 1. The summed E-state index contributed by atoms with van der Waals surface area (Å²) in [4.78, 5) is 0. The topological polar surface area (TPSA) is 0 Å². The third-order valence-electron chi connectivity index (χ3n) is 1.22. The molecule has 0 nitrogen and oxygen atoms in total. The number of halogens is 3. The number of hydrogen-bond donors (Lipinski definition) is 0. The molecule has 0 spiro atoms. The molecule has 0 aliphatic rings. The van der Waals surface area contributed by atoms with Gasteiger partial charge in [0.1, 0.15) is 6.33 Å². The van der Waals surface area contributed by atoms with Gasteiger partial charge in [0.2, 0.25) is 0 Å². The summed E-state index contributed by atoms with van der Waals surface area (Å²) in [5.74, 6) is -0.850. The Kier molecular flexibility index (Phi) is 2.76. The fraction of sp³-hybridized carbons (Fsp3) is 0. The lowest BCUT2D eigenvalue weighted by molar-refractivity contribution is 0.671. The van der Waals surface area contributed by atoms with Crippen molar-refractivity contribution >= 4 is 21.8 Å². The van der Waals surface area contributed by atoms with Crippen molar-refractivity contribution in [3.63, 3.8) is 0 Å². The molecule has 11 heavy (non-hydrogen) atoms. The molecule has 0 amide bonds. The zero-order valence-corrected chi connectivity index (χ0v) is 7.11. The monoisotopic (exact) mass is 218 g/mol. The zero-order chi connectivity index (χ0) is 8.27. The van der Waals surface area contributed by atoms with Crippen molar-refractivity contribution in [2.45, 2.75) is 0 Å². The Bertz CT molecular complexity index is 264. The first-order valence-electron chi connectivity index (χ1n) is 2.96. The SMILES string of the molecule is F/C=C(\F)c1ccc(Br)cc1. The van der Waals surface area contributed by atoms with Crippen LogP contribution in [0.3, 0.4) is 0 Å². The van der Waals surface area contributed by atoms with Crippen LogP contribution in [-0.2, 0) is 0 Å². The van der Waals surface area contributed by atoms with E-state index >= 15 is 0 Å². The van der Waals surface area contributed by atoms with Crippen LogP contribution in [-0.4, -0.2) is 0 Å². The molecule has 0 radical (unpaired) electrons. The van der Waals surface area contributed by atoms with E-state index in [2.05, 4.69) is 15.9 Å². The van der Waals surface area contributed by atoms with E-state index in [1.54, 1.807) is 12.1 Å². The third-order valence-corrected chi connectivity index (χ3v) is 1.74. The van der Waals surface area contributed by atoms with Crippen molar-refractivity contribution in [2.24, 2.45) is 0 Å². The smallest absolute Gasteiger partial charge is 0.158 e. The Hall–Kier alpha value is -0.700. The standard InChI is InChI=1S/C8H5BrF2/c9-7-3-1-6(2-4-7)8(11)5-10/h1-5H/b8-5-. The van der Waals surface area contributed by atoms with Crippen LogP contribution in [0.25, 0.3) is 5.83 Å². The molecule has 0 heterocycles. The van der Waals surface area contributed by atoms with Gasteiger partial charge in [0.05, 0.1) is 0 Å². The Morgan fingerprint density at radius 3 is 2.27 bits per heavy atom. The molecule has 0 aliphatic carbocycles. The molecule has 58 valence electrons. The normalized spacial score (nSPS) is 11.7. The highest BCUT2D eigenvalue weighted by Crippen LogP contribution is 2.18. The van der Waals surface area contributed by atoms with Gasteiger partial charge in [-0.25, -0.2) is 8.78 Å². The van der Waals surface area contributed by atoms with E-state index < -0.39 is 5.83 Å². The van der Waals surface area contributed by atoms with Gasteiger partial charge < -0.3 is 0 Å². The molecule has 1 rings (SSSR count). The molecule has 0 unspecified atom stereocenters. The van der Waals surface area contributed by atoms with Crippen molar-refractivity contribution in [1.82, 2.24) is 0 Å². The van der Waals surface area contributed by atoms with Crippen molar-refractivity contribution in [3.8, 4) is 0 Å². The van der Waals surface area contributed by atoms with E-state index in [1.807, 2.05) is 0 Å². The van der Waals surface area contributed by atoms with Gasteiger partial charge in [0.15, 0.2) is 5.83 Å². The molecule has 0 saturated heterocycles. The first kappa shape index (κ1) is 8.40. The summed E-state index contributed by atoms with van der Waals surface area (Å²) in [5, 5.41) is 0. The maximum absolute atomic E-state index is 12.5.